The van der Waals surface area contributed by atoms with E-state index in [0.717, 1.165) is 0 Å². The smallest absolute Gasteiger partial charge is 0.0867 e. The maximum Gasteiger partial charge on any atom is 0.0867 e. The van der Waals surface area contributed by atoms with Crippen LogP contribution >= 0.6 is 11.8 Å². The van der Waals surface area contributed by atoms with Crippen molar-refractivity contribution in [2.75, 3.05) is 0 Å². The number of allylic oxidation sites excluding steroid dienone is 3. The molecular weight excluding hydrogens is 336 g/mol. The minimum Gasteiger partial charge on any atom is -0.0981 e. The standard InChI is InChI=1S/C23H28SSi/c1-23(25(2,3)22-14-8-5-9-15-22)17-10-11-20(19-23)16-18-24-21-12-6-4-7-13-21/h4-9,11-16,18H,10,17,19H2,1-3H3/b18-16+. The van der Waals surface area contributed by atoms with Crippen LogP contribution in [0.1, 0.15) is 26.2 Å². The van der Waals surface area contributed by atoms with Gasteiger partial charge in [-0.25, -0.2) is 0 Å². The molecule has 0 amide bonds. The molecule has 0 saturated heterocycles. The van der Waals surface area contributed by atoms with Gasteiger partial charge in [0.15, 0.2) is 0 Å². The summed E-state index contributed by atoms with van der Waals surface area (Å²) in [5.41, 5.74) is 1.51. The van der Waals surface area contributed by atoms with Gasteiger partial charge in [-0.1, -0.05) is 103 Å². The maximum atomic E-state index is 2.55. The third kappa shape index (κ3) is 4.19. The Labute approximate surface area is 158 Å². The van der Waals surface area contributed by atoms with E-state index >= 15 is 0 Å². The third-order valence-corrected chi connectivity index (χ3v) is 12.0. The van der Waals surface area contributed by atoms with E-state index in [0.29, 0.717) is 5.04 Å². The lowest BCUT2D eigenvalue weighted by Gasteiger charge is -2.45. The van der Waals surface area contributed by atoms with Crippen LogP contribution in [-0.4, -0.2) is 8.07 Å². The van der Waals surface area contributed by atoms with Crippen LogP contribution in [0.25, 0.3) is 0 Å². The van der Waals surface area contributed by atoms with Gasteiger partial charge in [0.1, 0.15) is 0 Å². The van der Waals surface area contributed by atoms with Crippen molar-refractivity contribution >= 4 is 25.0 Å². The second-order valence-electron chi connectivity index (χ2n) is 7.78. The summed E-state index contributed by atoms with van der Waals surface area (Å²) < 4.78 is 0. The molecule has 0 aliphatic heterocycles. The molecule has 0 N–H and O–H groups in total. The lowest BCUT2D eigenvalue weighted by Crippen LogP contribution is -2.52. The Morgan fingerprint density at radius 3 is 2.28 bits per heavy atom. The number of hydrogen-bond acceptors (Lipinski definition) is 1. The van der Waals surface area contributed by atoms with Crippen LogP contribution in [0.2, 0.25) is 18.1 Å². The molecule has 1 aliphatic rings. The van der Waals surface area contributed by atoms with Crippen molar-refractivity contribution in [3.05, 3.63) is 83.8 Å². The Morgan fingerprint density at radius 1 is 0.960 bits per heavy atom. The monoisotopic (exact) mass is 364 g/mol. The van der Waals surface area contributed by atoms with Crippen LogP contribution in [0.4, 0.5) is 0 Å². The summed E-state index contributed by atoms with van der Waals surface area (Å²) in [5, 5.41) is 4.26. The molecule has 0 radical (unpaired) electrons. The van der Waals surface area contributed by atoms with Crippen LogP contribution < -0.4 is 5.19 Å². The van der Waals surface area contributed by atoms with Crippen LogP contribution in [0.3, 0.4) is 0 Å². The summed E-state index contributed by atoms with van der Waals surface area (Å²) >= 11 is 1.81. The maximum absolute atomic E-state index is 2.55. The Hall–Kier alpha value is -1.51. The lowest BCUT2D eigenvalue weighted by atomic mass is 9.89. The van der Waals surface area contributed by atoms with Crippen LogP contribution in [0.15, 0.2) is 88.7 Å². The average molecular weight is 365 g/mol. The van der Waals surface area contributed by atoms with Crippen molar-refractivity contribution in [2.24, 2.45) is 0 Å². The normalized spacial score (nSPS) is 21.3. The third-order valence-electron chi connectivity index (χ3n) is 5.93. The van der Waals surface area contributed by atoms with E-state index in [4.69, 9.17) is 0 Å². The van der Waals surface area contributed by atoms with Crippen molar-refractivity contribution in [1.29, 1.82) is 0 Å². The SMILES string of the molecule is CC1([Si](C)(C)c2ccccc2)CCC=C(/C=C/Sc2ccccc2)C1. The molecule has 2 aromatic rings. The molecule has 0 nitrogen and oxygen atoms in total. The molecule has 1 atom stereocenters. The fourth-order valence-corrected chi connectivity index (χ4v) is 7.60. The van der Waals surface area contributed by atoms with Gasteiger partial charge >= 0.3 is 0 Å². The van der Waals surface area contributed by atoms with Gasteiger partial charge in [-0.05, 0) is 41.8 Å². The summed E-state index contributed by atoms with van der Waals surface area (Å²) in [6, 6.07) is 21.8. The van der Waals surface area contributed by atoms with E-state index in [1.54, 1.807) is 5.19 Å². The molecule has 25 heavy (non-hydrogen) atoms. The fourth-order valence-electron chi connectivity index (χ4n) is 3.75. The van der Waals surface area contributed by atoms with Crippen molar-refractivity contribution < 1.29 is 0 Å². The van der Waals surface area contributed by atoms with E-state index in [-0.39, 0.29) is 0 Å². The summed E-state index contributed by atoms with van der Waals surface area (Å²) in [7, 11) is -1.53. The van der Waals surface area contributed by atoms with E-state index in [9.17, 15) is 0 Å². The van der Waals surface area contributed by atoms with Crippen molar-refractivity contribution in [2.45, 2.75) is 49.2 Å². The molecule has 130 valence electrons. The van der Waals surface area contributed by atoms with Gasteiger partial charge in [-0.15, -0.1) is 0 Å². The average Bonchev–Trinajstić information content (AvgIpc) is 2.63. The van der Waals surface area contributed by atoms with Crippen molar-refractivity contribution in [3.63, 3.8) is 0 Å². The van der Waals surface area contributed by atoms with Crippen LogP contribution in [-0.2, 0) is 0 Å². The highest BCUT2D eigenvalue weighted by Gasteiger charge is 2.44. The second-order valence-corrected chi connectivity index (χ2v) is 13.8. The van der Waals surface area contributed by atoms with E-state index in [2.05, 4.69) is 98.2 Å². The quantitative estimate of drug-likeness (QED) is 0.416. The Bertz CT molecular complexity index is 746. The molecule has 3 rings (SSSR count). The zero-order valence-electron chi connectivity index (χ0n) is 15.5. The molecule has 0 bridgehead atoms. The highest BCUT2D eigenvalue weighted by Crippen LogP contribution is 2.50. The summed E-state index contributed by atoms with van der Waals surface area (Å²) in [5.74, 6) is 0. The van der Waals surface area contributed by atoms with Gasteiger partial charge in [-0.2, -0.15) is 0 Å². The summed E-state index contributed by atoms with van der Waals surface area (Å²) in [4.78, 5) is 1.30. The van der Waals surface area contributed by atoms with Crippen LogP contribution in [0, 0.1) is 0 Å². The minimum atomic E-state index is -1.53. The molecule has 2 aromatic carbocycles. The van der Waals surface area contributed by atoms with Gasteiger partial charge in [0.25, 0.3) is 0 Å². The number of rotatable bonds is 5. The topological polar surface area (TPSA) is 0 Å². The van der Waals surface area contributed by atoms with Gasteiger partial charge in [0.05, 0.1) is 8.07 Å². The second kappa shape index (κ2) is 7.80. The number of benzene rings is 2. The molecule has 0 saturated carbocycles. The first-order valence-corrected chi connectivity index (χ1v) is 13.0. The minimum absolute atomic E-state index is 0.417. The zero-order valence-corrected chi connectivity index (χ0v) is 17.4. The Balaban J connectivity index is 1.72. The molecule has 1 unspecified atom stereocenters. The van der Waals surface area contributed by atoms with Gasteiger partial charge in [0.2, 0.25) is 0 Å². The number of hydrogen-bond donors (Lipinski definition) is 0. The lowest BCUT2D eigenvalue weighted by molar-refractivity contribution is 0.519. The first-order chi connectivity index (χ1) is 12.0. The molecule has 0 heterocycles. The molecule has 2 heteroatoms. The fraction of sp³-hybridized carbons (Fsp3) is 0.304. The van der Waals surface area contributed by atoms with E-state index in [1.807, 2.05) is 11.8 Å². The zero-order chi connectivity index (χ0) is 17.8. The van der Waals surface area contributed by atoms with E-state index < -0.39 is 8.07 Å². The first kappa shape index (κ1) is 18.3. The molecular formula is C23H28SSi. The highest BCUT2D eigenvalue weighted by molar-refractivity contribution is 8.02. The molecule has 0 fully saturated rings. The predicted molar refractivity (Wildman–Crippen MR) is 115 cm³/mol. The van der Waals surface area contributed by atoms with E-state index in [1.165, 1.54) is 29.7 Å². The summed E-state index contributed by atoms with van der Waals surface area (Å²) in [6.45, 7) is 7.62. The highest BCUT2D eigenvalue weighted by atomic mass is 32.2. The van der Waals surface area contributed by atoms with Gasteiger partial charge in [0, 0.05) is 4.90 Å². The Morgan fingerprint density at radius 2 is 1.60 bits per heavy atom. The van der Waals surface area contributed by atoms with Crippen LogP contribution in [0.5, 0.6) is 0 Å². The van der Waals surface area contributed by atoms with Gasteiger partial charge < -0.3 is 0 Å². The summed E-state index contributed by atoms with van der Waals surface area (Å²) in [6.07, 6.45) is 8.50. The Kier molecular flexibility index (Phi) is 5.70. The largest absolute Gasteiger partial charge is 0.0981 e. The molecule has 0 spiro atoms. The predicted octanol–water partition coefficient (Wildman–Crippen LogP) is 6.78. The van der Waals surface area contributed by atoms with Crippen molar-refractivity contribution in [1.82, 2.24) is 0 Å². The molecule has 0 aromatic heterocycles. The number of thioether (sulfide) groups is 1. The van der Waals surface area contributed by atoms with Crippen molar-refractivity contribution in [3.8, 4) is 0 Å². The van der Waals surface area contributed by atoms with Gasteiger partial charge in [-0.3, -0.25) is 0 Å². The first-order valence-electron chi connectivity index (χ1n) is 9.14. The molecule has 1 aliphatic carbocycles.